The van der Waals surface area contributed by atoms with Crippen molar-refractivity contribution in [2.24, 2.45) is 0 Å². The molecule has 1 fully saturated rings. The van der Waals surface area contributed by atoms with Crippen LogP contribution in [0.3, 0.4) is 0 Å². The molecular weight excluding hydrogens is 258 g/mol. The van der Waals surface area contributed by atoms with Crippen molar-refractivity contribution in [3.8, 4) is 11.3 Å². The molecule has 1 aromatic heterocycles. The molecule has 1 N–H and O–H groups in total. The van der Waals surface area contributed by atoms with Crippen LogP contribution in [0.5, 0.6) is 0 Å². The lowest BCUT2D eigenvalue weighted by Crippen LogP contribution is -2.38. The maximum atomic E-state index is 10.5. The van der Waals surface area contributed by atoms with Gasteiger partial charge in [-0.3, -0.25) is 0 Å². The number of aliphatic hydroxyl groups is 1. The Morgan fingerprint density at radius 2 is 1.95 bits per heavy atom. The number of ether oxygens (including phenoxy) is 1. The van der Waals surface area contributed by atoms with E-state index in [-0.39, 0.29) is 0 Å². The van der Waals surface area contributed by atoms with E-state index in [1.54, 1.807) is 11.3 Å². The summed E-state index contributed by atoms with van der Waals surface area (Å²) in [5.41, 5.74) is 1.49. The second-order valence-electron chi connectivity index (χ2n) is 5.01. The van der Waals surface area contributed by atoms with E-state index in [2.05, 4.69) is 22.5 Å². The summed E-state index contributed by atoms with van der Waals surface area (Å²) in [6.45, 7) is 1.29. The lowest BCUT2D eigenvalue weighted by molar-refractivity contribution is -0.0625. The molecule has 0 saturated carbocycles. The van der Waals surface area contributed by atoms with Crippen LogP contribution in [0.2, 0.25) is 0 Å². The zero-order chi connectivity index (χ0) is 13.1. The van der Waals surface area contributed by atoms with Crippen LogP contribution in [-0.2, 0) is 11.2 Å². The highest BCUT2D eigenvalue weighted by atomic mass is 32.1. The van der Waals surface area contributed by atoms with Gasteiger partial charge in [0.25, 0.3) is 0 Å². The monoisotopic (exact) mass is 275 g/mol. The Balaban J connectivity index is 1.75. The molecule has 0 aliphatic carbocycles. The largest absolute Gasteiger partial charge is 0.389 e. The predicted molar refractivity (Wildman–Crippen MR) is 76.3 cm³/mol. The second-order valence-corrected chi connectivity index (χ2v) is 5.95. The van der Waals surface area contributed by atoms with Crippen molar-refractivity contribution in [2.75, 3.05) is 13.2 Å². The first-order valence-corrected chi connectivity index (χ1v) is 7.43. The molecule has 19 heavy (non-hydrogen) atoms. The highest BCUT2D eigenvalue weighted by Gasteiger charge is 2.31. The van der Waals surface area contributed by atoms with Crippen LogP contribution < -0.4 is 0 Å². The molecule has 3 nitrogen and oxygen atoms in total. The smallest absolute Gasteiger partial charge is 0.0961 e. The topological polar surface area (TPSA) is 42.4 Å². The third kappa shape index (κ3) is 3.03. The maximum Gasteiger partial charge on any atom is 0.0961 e. The molecule has 1 aliphatic rings. The number of hydrogen-bond donors (Lipinski definition) is 1. The molecule has 0 atom stereocenters. The number of aromatic nitrogens is 1. The molecule has 0 bridgehead atoms. The molecule has 3 rings (SSSR count). The minimum atomic E-state index is -0.635. The molecule has 2 aromatic rings. The van der Waals surface area contributed by atoms with Gasteiger partial charge in [-0.25, -0.2) is 4.98 Å². The fourth-order valence-electron chi connectivity index (χ4n) is 2.34. The number of thiazole rings is 1. The van der Waals surface area contributed by atoms with Gasteiger partial charge in [0, 0.05) is 30.6 Å². The Morgan fingerprint density at radius 1 is 1.21 bits per heavy atom. The van der Waals surface area contributed by atoms with Gasteiger partial charge in [-0.05, 0) is 12.8 Å². The van der Waals surface area contributed by atoms with Gasteiger partial charge in [0.15, 0.2) is 0 Å². The van der Waals surface area contributed by atoms with E-state index in [1.807, 2.05) is 18.2 Å². The Kier molecular flexibility index (Phi) is 3.64. The average Bonchev–Trinajstić information content (AvgIpc) is 2.88. The number of benzene rings is 1. The van der Waals surface area contributed by atoms with Crippen LogP contribution >= 0.6 is 11.3 Å². The minimum absolute atomic E-state index is 0.633. The summed E-state index contributed by atoms with van der Waals surface area (Å²) in [7, 11) is 0. The van der Waals surface area contributed by atoms with Gasteiger partial charge in [0.1, 0.15) is 0 Å². The minimum Gasteiger partial charge on any atom is -0.389 e. The first-order valence-electron chi connectivity index (χ1n) is 6.55. The van der Waals surface area contributed by atoms with E-state index >= 15 is 0 Å². The van der Waals surface area contributed by atoms with Gasteiger partial charge < -0.3 is 9.84 Å². The quantitative estimate of drug-likeness (QED) is 0.936. The third-order valence-electron chi connectivity index (χ3n) is 3.53. The fraction of sp³-hybridized carbons (Fsp3) is 0.400. The molecule has 2 heterocycles. The first-order chi connectivity index (χ1) is 9.25. The van der Waals surface area contributed by atoms with Crippen LogP contribution in [0, 0.1) is 0 Å². The van der Waals surface area contributed by atoms with Gasteiger partial charge in [0.05, 0.1) is 16.3 Å². The van der Waals surface area contributed by atoms with E-state index in [1.165, 1.54) is 0 Å². The summed E-state index contributed by atoms with van der Waals surface area (Å²) in [6.07, 6.45) is 2.04. The second kappa shape index (κ2) is 5.41. The summed E-state index contributed by atoms with van der Waals surface area (Å²) in [4.78, 5) is 4.64. The summed E-state index contributed by atoms with van der Waals surface area (Å²) < 4.78 is 5.30. The molecule has 0 amide bonds. The van der Waals surface area contributed by atoms with E-state index in [9.17, 15) is 5.11 Å². The van der Waals surface area contributed by atoms with Gasteiger partial charge in [-0.2, -0.15) is 0 Å². The van der Waals surface area contributed by atoms with Gasteiger partial charge >= 0.3 is 0 Å². The Bertz CT molecular complexity index is 532. The molecule has 0 spiro atoms. The van der Waals surface area contributed by atoms with Crippen molar-refractivity contribution in [1.29, 1.82) is 0 Å². The highest BCUT2D eigenvalue weighted by Crippen LogP contribution is 2.28. The highest BCUT2D eigenvalue weighted by molar-refractivity contribution is 7.09. The first kappa shape index (κ1) is 12.8. The zero-order valence-electron chi connectivity index (χ0n) is 10.7. The molecule has 1 aliphatic heterocycles. The van der Waals surface area contributed by atoms with Crippen molar-refractivity contribution < 1.29 is 9.84 Å². The molecular formula is C15H17NO2S. The SMILES string of the molecule is OC1(Cc2nc(-c3ccccc3)cs2)CCOCC1. The van der Waals surface area contributed by atoms with Gasteiger partial charge in [-0.1, -0.05) is 30.3 Å². The third-order valence-corrected chi connectivity index (χ3v) is 4.37. The van der Waals surface area contributed by atoms with Crippen LogP contribution in [0.15, 0.2) is 35.7 Å². The summed E-state index contributed by atoms with van der Waals surface area (Å²) in [5.74, 6) is 0. The maximum absolute atomic E-state index is 10.5. The molecule has 4 heteroatoms. The van der Waals surface area contributed by atoms with Crippen molar-refractivity contribution >= 4 is 11.3 Å². The molecule has 0 unspecified atom stereocenters. The zero-order valence-corrected chi connectivity index (χ0v) is 11.5. The molecule has 1 saturated heterocycles. The normalized spacial score (nSPS) is 18.4. The van der Waals surface area contributed by atoms with Gasteiger partial charge in [-0.15, -0.1) is 11.3 Å². The van der Waals surface area contributed by atoms with Crippen molar-refractivity contribution in [3.05, 3.63) is 40.7 Å². The fourth-order valence-corrected chi connectivity index (χ4v) is 3.28. The molecule has 1 aromatic carbocycles. The summed E-state index contributed by atoms with van der Waals surface area (Å²) in [6, 6.07) is 10.1. The standard InChI is InChI=1S/C15H17NO2S/c17-15(6-8-18-9-7-15)10-14-16-13(11-19-14)12-4-2-1-3-5-12/h1-5,11,17H,6-10H2. The van der Waals surface area contributed by atoms with Crippen molar-refractivity contribution in [3.63, 3.8) is 0 Å². The van der Waals surface area contributed by atoms with Crippen LogP contribution in [-0.4, -0.2) is 28.9 Å². The van der Waals surface area contributed by atoms with Crippen LogP contribution in [0.4, 0.5) is 0 Å². The lowest BCUT2D eigenvalue weighted by Gasteiger charge is -2.31. The predicted octanol–water partition coefficient (Wildman–Crippen LogP) is 2.89. The Hall–Kier alpha value is -1.23. The number of hydrogen-bond acceptors (Lipinski definition) is 4. The Labute approximate surface area is 116 Å². The van der Waals surface area contributed by atoms with Crippen LogP contribution in [0.1, 0.15) is 17.8 Å². The lowest BCUT2D eigenvalue weighted by atomic mass is 9.91. The van der Waals surface area contributed by atoms with E-state index in [0.717, 1.165) is 16.3 Å². The summed E-state index contributed by atoms with van der Waals surface area (Å²) >= 11 is 1.62. The molecule has 0 radical (unpaired) electrons. The van der Waals surface area contributed by atoms with Crippen molar-refractivity contribution in [2.45, 2.75) is 24.9 Å². The van der Waals surface area contributed by atoms with Crippen LogP contribution in [0.25, 0.3) is 11.3 Å². The van der Waals surface area contributed by atoms with Crippen molar-refractivity contribution in [1.82, 2.24) is 4.98 Å². The number of rotatable bonds is 3. The number of nitrogens with zero attached hydrogens (tertiary/aromatic N) is 1. The van der Waals surface area contributed by atoms with E-state index in [0.29, 0.717) is 32.5 Å². The van der Waals surface area contributed by atoms with Gasteiger partial charge in [0.2, 0.25) is 0 Å². The van der Waals surface area contributed by atoms with E-state index < -0.39 is 5.60 Å². The summed E-state index contributed by atoms with van der Waals surface area (Å²) in [5, 5.41) is 13.6. The Morgan fingerprint density at radius 3 is 2.68 bits per heavy atom. The van der Waals surface area contributed by atoms with E-state index in [4.69, 9.17) is 4.74 Å². The molecule has 100 valence electrons. The average molecular weight is 275 g/mol.